The monoisotopic (exact) mass is 190 g/mol. The quantitative estimate of drug-likeness (QED) is 0.464. The molecule has 0 radical (unpaired) electrons. The summed E-state index contributed by atoms with van der Waals surface area (Å²) in [7, 11) is 0. The summed E-state index contributed by atoms with van der Waals surface area (Å²) in [6, 6.07) is 2.73. The highest BCUT2D eigenvalue weighted by atomic mass is 19.4. The number of hydrogen-bond donors (Lipinski definition) is 0. The topological polar surface area (TPSA) is 36.7 Å². The fraction of sp³-hybridized carbons (Fsp3) is 0.143. The van der Waals surface area contributed by atoms with Crippen LogP contribution in [0.2, 0.25) is 0 Å². The minimum Gasteiger partial charge on any atom is -0.208 e. The van der Waals surface area contributed by atoms with E-state index in [1.165, 1.54) is 6.07 Å². The summed E-state index contributed by atoms with van der Waals surface area (Å²) >= 11 is 0. The first-order valence-electron chi connectivity index (χ1n) is 3.09. The number of aromatic nitrogens is 1. The zero-order valence-electron chi connectivity index (χ0n) is 6.06. The lowest BCUT2D eigenvalue weighted by molar-refractivity contribution is -0.140. The number of hydrogen-bond acceptors (Lipinski definition) is 2. The minimum atomic E-state index is -4.77. The lowest BCUT2D eigenvalue weighted by Gasteiger charge is -2.05. The molecule has 1 rings (SSSR count). The molecule has 2 nitrogen and oxygen atoms in total. The third-order valence-electron chi connectivity index (χ3n) is 1.27. The van der Waals surface area contributed by atoms with Gasteiger partial charge in [0.15, 0.2) is 0 Å². The van der Waals surface area contributed by atoms with E-state index in [9.17, 15) is 17.6 Å². The lowest BCUT2D eigenvalue weighted by Crippen LogP contribution is -2.09. The first-order valence-corrected chi connectivity index (χ1v) is 3.09. The average molecular weight is 190 g/mol. The molecule has 0 spiro atoms. The first kappa shape index (κ1) is 9.45. The van der Waals surface area contributed by atoms with E-state index in [1.54, 1.807) is 0 Å². The molecule has 0 saturated heterocycles. The summed E-state index contributed by atoms with van der Waals surface area (Å²) < 4.78 is 48.3. The number of halogens is 4. The van der Waals surface area contributed by atoms with Gasteiger partial charge in [0.1, 0.15) is 17.3 Å². The van der Waals surface area contributed by atoms with Crippen LogP contribution in [0.1, 0.15) is 11.3 Å². The van der Waals surface area contributed by atoms with Crippen molar-refractivity contribution in [1.82, 2.24) is 4.98 Å². The molecular weight excluding hydrogens is 188 g/mol. The molecule has 0 N–H and O–H groups in total. The number of rotatable bonds is 0. The van der Waals surface area contributed by atoms with E-state index in [1.807, 2.05) is 0 Å². The van der Waals surface area contributed by atoms with Gasteiger partial charge in [-0.2, -0.15) is 22.8 Å². The maximum absolute atomic E-state index is 12.6. The molecule has 68 valence electrons. The van der Waals surface area contributed by atoms with Gasteiger partial charge in [-0.05, 0) is 12.1 Å². The maximum atomic E-state index is 12.6. The molecule has 1 aromatic heterocycles. The minimum absolute atomic E-state index is 0.384. The summed E-state index contributed by atoms with van der Waals surface area (Å²) in [4.78, 5) is 2.81. The number of pyridine rings is 1. The van der Waals surface area contributed by atoms with Crippen molar-refractivity contribution in [3.05, 3.63) is 29.3 Å². The van der Waals surface area contributed by atoms with Crippen LogP contribution in [0.15, 0.2) is 12.1 Å². The zero-order valence-corrected chi connectivity index (χ0v) is 6.06. The highest BCUT2D eigenvalue weighted by Gasteiger charge is 2.34. The van der Waals surface area contributed by atoms with Gasteiger partial charge in [0.25, 0.3) is 0 Å². The molecule has 0 fully saturated rings. The van der Waals surface area contributed by atoms with Crippen molar-refractivity contribution in [3.8, 4) is 6.07 Å². The second-order valence-corrected chi connectivity index (χ2v) is 2.14. The van der Waals surface area contributed by atoms with Crippen LogP contribution in [-0.4, -0.2) is 4.98 Å². The van der Waals surface area contributed by atoms with Gasteiger partial charge < -0.3 is 0 Å². The Hall–Kier alpha value is -1.64. The van der Waals surface area contributed by atoms with Gasteiger partial charge in [0.2, 0.25) is 5.95 Å². The predicted molar refractivity (Wildman–Crippen MR) is 33.9 cm³/mol. The van der Waals surface area contributed by atoms with E-state index in [0.717, 1.165) is 6.07 Å². The van der Waals surface area contributed by atoms with Crippen LogP contribution in [0, 0.1) is 17.3 Å². The third-order valence-corrected chi connectivity index (χ3v) is 1.27. The van der Waals surface area contributed by atoms with E-state index in [2.05, 4.69) is 4.98 Å². The summed E-state index contributed by atoms with van der Waals surface area (Å²) in [6.45, 7) is 0. The van der Waals surface area contributed by atoms with Crippen molar-refractivity contribution in [2.45, 2.75) is 6.18 Å². The summed E-state index contributed by atoms with van der Waals surface area (Å²) in [6.07, 6.45) is -4.77. The molecule has 13 heavy (non-hydrogen) atoms. The second kappa shape index (κ2) is 3.01. The smallest absolute Gasteiger partial charge is 0.208 e. The van der Waals surface area contributed by atoms with Gasteiger partial charge in [0.05, 0.1) is 0 Å². The molecule has 0 atom stereocenters. The highest BCUT2D eigenvalue weighted by molar-refractivity contribution is 5.25. The summed E-state index contributed by atoms with van der Waals surface area (Å²) in [5.41, 5.74) is -1.85. The average Bonchev–Trinajstić information content (AvgIpc) is 2.01. The Morgan fingerprint density at radius 3 is 2.31 bits per heavy atom. The van der Waals surface area contributed by atoms with Crippen molar-refractivity contribution in [2.75, 3.05) is 0 Å². The van der Waals surface area contributed by atoms with Crippen LogP contribution in [0.5, 0.6) is 0 Å². The molecule has 6 heteroatoms. The van der Waals surface area contributed by atoms with E-state index in [4.69, 9.17) is 5.26 Å². The van der Waals surface area contributed by atoms with Gasteiger partial charge in [-0.3, -0.25) is 0 Å². The molecule has 0 aliphatic rings. The molecular formula is C7H2F4N2. The normalized spacial score (nSPS) is 11.0. The fourth-order valence-electron chi connectivity index (χ4n) is 0.708. The van der Waals surface area contributed by atoms with Crippen molar-refractivity contribution in [2.24, 2.45) is 0 Å². The highest BCUT2D eigenvalue weighted by Crippen LogP contribution is 2.30. The molecule has 0 saturated carbocycles. The van der Waals surface area contributed by atoms with Gasteiger partial charge in [-0.15, -0.1) is 0 Å². The molecule has 0 amide bonds. The Balaban J connectivity index is 3.23. The molecule has 0 aliphatic carbocycles. The second-order valence-electron chi connectivity index (χ2n) is 2.14. The van der Waals surface area contributed by atoms with Crippen LogP contribution in [-0.2, 0) is 6.18 Å². The maximum Gasteiger partial charge on any atom is 0.420 e. The lowest BCUT2D eigenvalue weighted by atomic mass is 10.2. The van der Waals surface area contributed by atoms with Crippen molar-refractivity contribution in [1.29, 1.82) is 5.26 Å². The van der Waals surface area contributed by atoms with Crippen LogP contribution in [0.25, 0.3) is 0 Å². The Kier molecular flexibility index (Phi) is 2.19. The summed E-state index contributed by atoms with van der Waals surface area (Å²) in [5, 5.41) is 8.20. The van der Waals surface area contributed by atoms with Crippen molar-refractivity contribution < 1.29 is 17.6 Å². The molecule has 0 bridgehead atoms. The summed E-state index contributed by atoms with van der Waals surface area (Å²) in [5.74, 6) is -1.67. The van der Waals surface area contributed by atoms with E-state index in [-0.39, 0.29) is 5.69 Å². The van der Waals surface area contributed by atoms with E-state index in [0.29, 0.717) is 6.07 Å². The molecule has 0 aliphatic heterocycles. The van der Waals surface area contributed by atoms with Crippen LogP contribution in [0.4, 0.5) is 17.6 Å². The number of nitriles is 1. The van der Waals surface area contributed by atoms with Crippen LogP contribution < -0.4 is 0 Å². The molecule has 0 aromatic carbocycles. The van der Waals surface area contributed by atoms with Crippen molar-refractivity contribution >= 4 is 0 Å². The van der Waals surface area contributed by atoms with Crippen LogP contribution >= 0.6 is 0 Å². The molecule has 1 aromatic rings. The molecule has 0 unspecified atom stereocenters. The van der Waals surface area contributed by atoms with E-state index >= 15 is 0 Å². The van der Waals surface area contributed by atoms with E-state index < -0.39 is 17.7 Å². The van der Waals surface area contributed by atoms with Crippen LogP contribution in [0.3, 0.4) is 0 Å². The standard InChI is InChI=1S/C7H2F4N2/c8-6-5(7(9,10)11)2-1-4(3-12)13-6/h1-2H. The Bertz CT molecular complexity index is 364. The van der Waals surface area contributed by atoms with Gasteiger partial charge in [-0.25, -0.2) is 4.98 Å². The first-order chi connectivity index (χ1) is 5.95. The van der Waals surface area contributed by atoms with Gasteiger partial charge in [-0.1, -0.05) is 0 Å². The zero-order chi connectivity index (χ0) is 10.1. The third kappa shape index (κ3) is 1.93. The SMILES string of the molecule is N#Cc1ccc(C(F)(F)F)c(F)n1. The Labute approximate surface area is 70.4 Å². The fourth-order valence-corrected chi connectivity index (χ4v) is 0.708. The Morgan fingerprint density at radius 2 is 1.92 bits per heavy atom. The number of nitrogens with zero attached hydrogens (tertiary/aromatic N) is 2. The van der Waals surface area contributed by atoms with Gasteiger partial charge >= 0.3 is 6.18 Å². The molecule has 1 heterocycles. The number of alkyl halides is 3. The van der Waals surface area contributed by atoms with Gasteiger partial charge in [0, 0.05) is 0 Å². The predicted octanol–water partition coefficient (Wildman–Crippen LogP) is 2.11. The van der Waals surface area contributed by atoms with Crippen molar-refractivity contribution in [3.63, 3.8) is 0 Å². The largest absolute Gasteiger partial charge is 0.420 e. The Morgan fingerprint density at radius 1 is 1.31 bits per heavy atom.